The van der Waals surface area contributed by atoms with Gasteiger partial charge in [0.15, 0.2) is 11.5 Å². The standard InChI is InChI=1S/C19H19NO3/c1-22-17-10-15-8-9-20(13-14-6-4-3-5-7-14)19(21)12-16(15)11-18(17)23-2/h3-11H,12-13H2,1-2H3. The van der Waals surface area contributed by atoms with Crippen molar-refractivity contribution in [2.45, 2.75) is 13.0 Å². The van der Waals surface area contributed by atoms with E-state index in [9.17, 15) is 4.79 Å². The number of carbonyl (C=O) groups excluding carboxylic acids is 1. The second-order valence-corrected chi connectivity index (χ2v) is 5.41. The third-order valence-electron chi connectivity index (χ3n) is 3.94. The van der Waals surface area contributed by atoms with E-state index in [2.05, 4.69) is 0 Å². The minimum Gasteiger partial charge on any atom is -0.493 e. The highest BCUT2D eigenvalue weighted by Crippen LogP contribution is 2.32. The zero-order chi connectivity index (χ0) is 16.2. The molecule has 1 amide bonds. The Bertz CT molecular complexity index is 738. The normalized spacial score (nSPS) is 13.5. The minimum atomic E-state index is 0.0658. The lowest BCUT2D eigenvalue weighted by molar-refractivity contribution is -0.128. The molecule has 4 nitrogen and oxygen atoms in total. The lowest BCUT2D eigenvalue weighted by Gasteiger charge is -2.17. The monoisotopic (exact) mass is 309 g/mol. The maximum Gasteiger partial charge on any atom is 0.231 e. The molecule has 3 rings (SSSR count). The van der Waals surface area contributed by atoms with Crippen LogP contribution in [0.3, 0.4) is 0 Å². The summed E-state index contributed by atoms with van der Waals surface area (Å²) in [4.78, 5) is 14.3. The van der Waals surface area contributed by atoms with Crippen LogP contribution < -0.4 is 9.47 Å². The van der Waals surface area contributed by atoms with Crippen LogP contribution in [0.1, 0.15) is 16.7 Å². The van der Waals surface area contributed by atoms with Gasteiger partial charge in [0.2, 0.25) is 5.91 Å². The zero-order valence-corrected chi connectivity index (χ0v) is 13.3. The number of amides is 1. The molecular weight excluding hydrogens is 290 g/mol. The molecule has 0 saturated heterocycles. The Hall–Kier alpha value is -2.75. The Balaban J connectivity index is 1.89. The predicted octanol–water partition coefficient (Wildman–Crippen LogP) is 3.26. The van der Waals surface area contributed by atoms with Crippen LogP contribution in [0.5, 0.6) is 11.5 Å². The Morgan fingerprint density at radius 3 is 2.43 bits per heavy atom. The molecule has 1 aliphatic rings. The highest BCUT2D eigenvalue weighted by atomic mass is 16.5. The number of carbonyl (C=O) groups is 1. The van der Waals surface area contributed by atoms with Crippen LogP contribution in [0.4, 0.5) is 0 Å². The highest BCUT2D eigenvalue weighted by molar-refractivity contribution is 5.84. The SMILES string of the molecule is COc1cc2c(cc1OC)CC(=O)N(Cc1ccccc1)C=C2. The van der Waals surface area contributed by atoms with Crippen molar-refractivity contribution in [1.29, 1.82) is 0 Å². The van der Waals surface area contributed by atoms with Crippen molar-refractivity contribution in [3.63, 3.8) is 0 Å². The first kappa shape index (κ1) is 15.2. The molecule has 0 fully saturated rings. The number of hydrogen-bond acceptors (Lipinski definition) is 3. The van der Waals surface area contributed by atoms with Crippen molar-refractivity contribution in [2.24, 2.45) is 0 Å². The molecule has 1 heterocycles. The number of rotatable bonds is 4. The fourth-order valence-corrected chi connectivity index (χ4v) is 2.68. The first-order chi connectivity index (χ1) is 11.2. The fourth-order valence-electron chi connectivity index (χ4n) is 2.68. The van der Waals surface area contributed by atoms with Crippen LogP contribution in [-0.4, -0.2) is 25.0 Å². The summed E-state index contributed by atoms with van der Waals surface area (Å²) in [6.45, 7) is 0.568. The van der Waals surface area contributed by atoms with Crippen molar-refractivity contribution in [2.75, 3.05) is 14.2 Å². The van der Waals surface area contributed by atoms with Gasteiger partial charge in [-0.1, -0.05) is 30.3 Å². The molecule has 4 heteroatoms. The summed E-state index contributed by atoms with van der Waals surface area (Å²) in [5, 5.41) is 0. The van der Waals surface area contributed by atoms with Gasteiger partial charge in [0, 0.05) is 6.20 Å². The Morgan fingerprint density at radius 1 is 1.04 bits per heavy atom. The number of nitrogens with zero attached hydrogens (tertiary/aromatic N) is 1. The van der Waals surface area contributed by atoms with Crippen molar-refractivity contribution in [3.05, 3.63) is 65.4 Å². The minimum absolute atomic E-state index is 0.0658. The molecular formula is C19H19NO3. The van der Waals surface area contributed by atoms with Crippen LogP contribution in [0.15, 0.2) is 48.7 Å². The third-order valence-corrected chi connectivity index (χ3v) is 3.94. The van der Waals surface area contributed by atoms with Crippen LogP contribution in [0.25, 0.3) is 6.08 Å². The number of fused-ring (bicyclic) bond motifs is 1. The second-order valence-electron chi connectivity index (χ2n) is 5.41. The first-order valence-corrected chi connectivity index (χ1v) is 7.47. The Morgan fingerprint density at radius 2 is 1.74 bits per heavy atom. The predicted molar refractivity (Wildman–Crippen MR) is 89.3 cm³/mol. The van der Waals surface area contributed by atoms with E-state index in [1.54, 1.807) is 19.1 Å². The van der Waals surface area contributed by atoms with Gasteiger partial charge >= 0.3 is 0 Å². The maximum absolute atomic E-state index is 12.5. The largest absolute Gasteiger partial charge is 0.493 e. The summed E-state index contributed by atoms with van der Waals surface area (Å²) < 4.78 is 10.7. The van der Waals surface area contributed by atoms with Crippen LogP contribution in [-0.2, 0) is 17.8 Å². The Kier molecular flexibility index (Phi) is 4.33. The average molecular weight is 309 g/mol. The van der Waals surface area contributed by atoms with E-state index in [-0.39, 0.29) is 5.91 Å². The van der Waals surface area contributed by atoms with Gasteiger partial charge in [0.05, 0.1) is 27.2 Å². The average Bonchev–Trinajstić information content (AvgIpc) is 2.73. The van der Waals surface area contributed by atoms with Gasteiger partial charge in [-0.2, -0.15) is 0 Å². The van der Waals surface area contributed by atoms with E-state index >= 15 is 0 Å². The highest BCUT2D eigenvalue weighted by Gasteiger charge is 2.19. The quantitative estimate of drug-likeness (QED) is 0.870. The van der Waals surface area contributed by atoms with E-state index in [0.29, 0.717) is 24.5 Å². The van der Waals surface area contributed by atoms with E-state index in [4.69, 9.17) is 9.47 Å². The lowest BCUT2D eigenvalue weighted by atomic mass is 10.0. The van der Waals surface area contributed by atoms with Gasteiger partial charge in [-0.25, -0.2) is 0 Å². The molecule has 0 saturated carbocycles. The summed E-state index contributed by atoms with van der Waals surface area (Å²) in [7, 11) is 3.21. The number of benzene rings is 2. The zero-order valence-electron chi connectivity index (χ0n) is 13.3. The van der Waals surface area contributed by atoms with E-state index in [1.165, 1.54) is 0 Å². The smallest absolute Gasteiger partial charge is 0.231 e. The number of ether oxygens (including phenoxy) is 2. The van der Waals surface area contributed by atoms with Crippen LogP contribution in [0.2, 0.25) is 0 Å². The maximum atomic E-state index is 12.5. The fraction of sp³-hybridized carbons (Fsp3) is 0.211. The topological polar surface area (TPSA) is 38.8 Å². The van der Waals surface area contributed by atoms with E-state index in [1.807, 2.05) is 54.7 Å². The van der Waals surface area contributed by atoms with Gasteiger partial charge in [-0.3, -0.25) is 4.79 Å². The van der Waals surface area contributed by atoms with Crippen molar-refractivity contribution < 1.29 is 14.3 Å². The van der Waals surface area contributed by atoms with Crippen molar-refractivity contribution in [1.82, 2.24) is 4.90 Å². The summed E-state index contributed by atoms with van der Waals surface area (Å²) >= 11 is 0. The third kappa shape index (κ3) is 3.21. The van der Waals surface area contributed by atoms with Crippen molar-refractivity contribution >= 4 is 12.0 Å². The van der Waals surface area contributed by atoms with Gasteiger partial charge in [0.25, 0.3) is 0 Å². The lowest BCUT2D eigenvalue weighted by Crippen LogP contribution is -2.25. The van der Waals surface area contributed by atoms with E-state index < -0.39 is 0 Å². The summed E-state index contributed by atoms with van der Waals surface area (Å²) in [5.74, 6) is 1.37. The number of hydrogen-bond donors (Lipinski definition) is 0. The van der Waals surface area contributed by atoms with Crippen LogP contribution in [0, 0.1) is 0 Å². The molecule has 0 unspecified atom stereocenters. The summed E-state index contributed by atoms with van der Waals surface area (Å²) in [6.07, 6.45) is 4.13. The summed E-state index contributed by atoms with van der Waals surface area (Å²) in [5.41, 5.74) is 3.03. The molecule has 2 aromatic carbocycles. The van der Waals surface area contributed by atoms with E-state index in [0.717, 1.165) is 16.7 Å². The second kappa shape index (κ2) is 6.57. The molecule has 23 heavy (non-hydrogen) atoms. The molecule has 0 aliphatic carbocycles. The molecule has 2 aromatic rings. The van der Waals surface area contributed by atoms with Crippen LogP contribution >= 0.6 is 0 Å². The molecule has 1 aliphatic heterocycles. The van der Waals surface area contributed by atoms with Crippen molar-refractivity contribution in [3.8, 4) is 11.5 Å². The molecule has 0 radical (unpaired) electrons. The Labute approximate surface area is 135 Å². The van der Waals surface area contributed by atoms with Gasteiger partial charge < -0.3 is 14.4 Å². The molecule has 0 N–H and O–H groups in total. The molecule has 118 valence electrons. The first-order valence-electron chi connectivity index (χ1n) is 7.47. The van der Waals surface area contributed by atoms with Gasteiger partial charge in [-0.05, 0) is 34.9 Å². The van der Waals surface area contributed by atoms with Gasteiger partial charge in [-0.15, -0.1) is 0 Å². The number of methoxy groups -OCH3 is 2. The molecule has 0 bridgehead atoms. The molecule has 0 spiro atoms. The summed E-state index contributed by atoms with van der Waals surface area (Å²) in [6, 6.07) is 13.7. The molecule has 0 aromatic heterocycles. The van der Waals surface area contributed by atoms with Gasteiger partial charge in [0.1, 0.15) is 0 Å². The molecule has 0 atom stereocenters.